The standard InChI is InChI=1S/C22H20F4N6O3S/c1-11-15(18(33)29-12-5-4-6-13(9-12)36(3,27)34)19(32-31-16(11)22(24,25)26)35-20-28-10-14(17(23)30-20)21(2)7-8-21/h4-6,9-10,27H,7-8H2,1-3H3,(H,29,33). The highest BCUT2D eigenvalue weighted by molar-refractivity contribution is 7.91. The first kappa shape index (κ1) is 25.4. The van der Waals surface area contributed by atoms with Crippen molar-refractivity contribution >= 4 is 21.3 Å². The van der Waals surface area contributed by atoms with Gasteiger partial charge in [0.2, 0.25) is 5.95 Å². The Bertz CT molecular complexity index is 1470. The normalized spacial score (nSPS) is 16.2. The lowest BCUT2D eigenvalue weighted by atomic mass is 10.0. The number of ether oxygens (including phenoxy) is 1. The predicted molar refractivity (Wildman–Crippen MR) is 120 cm³/mol. The molecule has 2 aromatic heterocycles. The zero-order valence-electron chi connectivity index (χ0n) is 19.2. The number of benzene rings is 1. The van der Waals surface area contributed by atoms with E-state index >= 15 is 0 Å². The zero-order valence-corrected chi connectivity index (χ0v) is 20.1. The minimum Gasteiger partial charge on any atom is -0.403 e. The molecule has 1 aliphatic rings. The van der Waals surface area contributed by atoms with Gasteiger partial charge in [0.25, 0.3) is 11.8 Å². The number of carbonyl (C=O) groups is 1. The van der Waals surface area contributed by atoms with Crippen molar-refractivity contribution in [1.82, 2.24) is 20.2 Å². The van der Waals surface area contributed by atoms with Crippen molar-refractivity contribution in [2.75, 3.05) is 11.6 Å². The molecule has 4 rings (SSSR count). The molecule has 1 atom stereocenters. The van der Waals surface area contributed by atoms with Gasteiger partial charge in [0.15, 0.2) is 5.69 Å². The number of nitrogens with zero attached hydrogens (tertiary/aromatic N) is 4. The third-order valence-electron chi connectivity index (χ3n) is 5.78. The molecule has 0 radical (unpaired) electrons. The molecule has 0 bridgehead atoms. The van der Waals surface area contributed by atoms with Gasteiger partial charge in [0, 0.05) is 28.6 Å². The average molecular weight is 525 g/mol. The summed E-state index contributed by atoms with van der Waals surface area (Å²) < 4.78 is 80.0. The Morgan fingerprint density at radius 1 is 1.25 bits per heavy atom. The van der Waals surface area contributed by atoms with E-state index < -0.39 is 56.5 Å². The van der Waals surface area contributed by atoms with Gasteiger partial charge in [0.1, 0.15) is 5.56 Å². The van der Waals surface area contributed by atoms with Gasteiger partial charge >= 0.3 is 12.2 Å². The molecule has 1 fully saturated rings. The topological polar surface area (TPSA) is 131 Å². The van der Waals surface area contributed by atoms with Crippen molar-refractivity contribution in [3.8, 4) is 11.9 Å². The number of aromatic nitrogens is 4. The number of halogens is 4. The Labute approximate surface area is 203 Å². The number of nitrogens with one attached hydrogen (secondary N) is 2. The van der Waals surface area contributed by atoms with E-state index in [4.69, 9.17) is 9.52 Å². The third kappa shape index (κ3) is 5.12. The van der Waals surface area contributed by atoms with Crippen molar-refractivity contribution < 1.29 is 31.3 Å². The van der Waals surface area contributed by atoms with Crippen molar-refractivity contribution in [3.63, 3.8) is 0 Å². The van der Waals surface area contributed by atoms with Crippen LogP contribution in [-0.4, -0.2) is 36.5 Å². The van der Waals surface area contributed by atoms with E-state index in [1.165, 1.54) is 36.7 Å². The summed E-state index contributed by atoms with van der Waals surface area (Å²) in [6.07, 6.45) is -0.997. The monoisotopic (exact) mass is 524 g/mol. The molecule has 0 aliphatic heterocycles. The molecule has 1 amide bonds. The molecule has 3 aromatic rings. The summed E-state index contributed by atoms with van der Waals surface area (Å²) >= 11 is 0. The Balaban J connectivity index is 1.73. The van der Waals surface area contributed by atoms with Crippen LogP contribution in [-0.2, 0) is 21.3 Å². The minimum absolute atomic E-state index is 0.0689. The van der Waals surface area contributed by atoms with E-state index in [0.29, 0.717) is 0 Å². The number of rotatable bonds is 6. The van der Waals surface area contributed by atoms with E-state index in [0.717, 1.165) is 19.8 Å². The number of alkyl halides is 3. The maximum absolute atomic E-state index is 14.5. The van der Waals surface area contributed by atoms with Crippen molar-refractivity contribution in [3.05, 3.63) is 58.8 Å². The number of anilines is 1. The van der Waals surface area contributed by atoms with Crippen LogP contribution in [0.2, 0.25) is 0 Å². The van der Waals surface area contributed by atoms with Crippen LogP contribution in [0.4, 0.5) is 23.2 Å². The van der Waals surface area contributed by atoms with E-state index in [9.17, 15) is 26.6 Å². The fraction of sp³-hybridized carbons (Fsp3) is 0.318. The number of carbonyl (C=O) groups excluding carboxylic acids is 1. The number of hydrogen-bond acceptors (Lipinski definition) is 8. The number of hydrogen-bond donors (Lipinski definition) is 2. The SMILES string of the molecule is Cc1c(C(F)(F)F)nnc(Oc2ncc(C3(C)CC3)c(F)n2)c1C(=O)Nc1cccc(S(C)(=N)=O)c1. The number of amides is 1. The van der Waals surface area contributed by atoms with Gasteiger partial charge in [-0.15, -0.1) is 10.2 Å². The first-order valence-corrected chi connectivity index (χ1v) is 12.5. The lowest BCUT2D eigenvalue weighted by Crippen LogP contribution is -2.21. The first-order valence-electron chi connectivity index (χ1n) is 10.5. The van der Waals surface area contributed by atoms with Crippen LogP contribution in [0.3, 0.4) is 0 Å². The highest BCUT2D eigenvalue weighted by Gasteiger charge is 2.42. The summed E-state index contributed by atoms with van der Waals surface area (Å²) in [6.45, 7) is 2.85. The fourth-order valence-corrected chi connectivity index (χ4v) is 4.15. The smallest absolute Gasteiger partial charge is 0.403 e. The first-order chi connectivity index (χ1) is 16.7. The molecule has 0 spiro atoms. The summed E-state index contributed by atoms with van der Waals surface area (Å²) in [6, 6.07) is 4.94. The summed E-state index contributed by atoms with van der Waals surface area (Å²) in [5.41, 5.74) is -2.67. The molecule has 0 saturated heterocycles. The van der Waals surface area contributed by atoms with E-state index in [1.807, 2.05) is 6.92 Å². The molecule has 9 nitrogen and oxygen atoms in total. The molecule has 1 saturated carbocycles. The maximum atomic E-state index is 14.5. The van der Waals surface area contributed by atoms with Gasteiger partial charge in [0.05, 0.1) is 9.73 Å². The summed E-state index contributed by atoms with van der Waals surface area (Å²) in [5.74, 6) is -2.58. The molecule has 14 heteroatoms. The van der Waals surface area contributed by atoms with Gasteiger partial charge in [-0.3, -0.25) is 4.79 Å². The molecule has 36 heavy (non-hydrogen) atoms. The maximum Gasteiger partial charge on any atom is 0.435 e. The van der Waals surface area contributed by atoms with Crippen LogP contribution in [0.5, 0.6) is 11.9 Å². The van der Waals surface area contributed by atoms with Crippen LogP contribution in [0.25, 0.3) is 0 Å². The average Bonchev–Trinajstić information content (AvgIpc) is 3.50. The highest BCUT2D eigenvalue weighted by atomic mass is 32.2. The second kappa shape index (κ2) is 8.76. The second-order valence-corrected chi connectivity index (χ2v) is 10.9. The van der Waals surface area contributed by atoms with Gasteiger partial charge in [-0.25, -0.2) is 14.0 Å². The van der Waals surface area contributed by atoms with Crippen molar-refractivity contribution in [2.24, 2.45) is 0 Å². The lowest BCUT2D eigenvalue weighted by Gasteiger charge is -2.16. The third-order valence-corrected chi connectivity index (χ3v) is 6.93. The quantitative estimate of drug-likeness (QED) is 0.348. The van der Waals surface area contributed by atoms with Gasteiger partial charge in [-0.05, 0) is 48.9 Å². The largest absolute Gasteiger partial charge is 0.435 e. The van der Waals surface area contributed by atoms with Crippen LogP contribution >= 0.6 is 0 Å². The molecule has 2 heterocycles. The van der Waals surface area contributed by atoms with Crippen LogP contribution in [0.15, 0.2) is 35.4 Å². The van der Waals surface area contributed by atoms with Gasteiger partial charge < -0.3 is 10.1 Å². The molecular weight excluding hydrogens is 504 g/mol. The van der Waals surface area contributed by atoms with Crippen molar-refractivity contribution in [1.29, 1.82) is 4.78 Å². The Kier molecular flexibility index (Phi) is 6.19. The van der Waals surface area contributed by atoms with Crippen LogP contribution in [0.1, 0.15) is 46.9 Å². The van der Waals surface area contributed by atoms with Gasteiger partial charge in [-0.1, -0.05) is 13.0 Å². The van der Waals surface area contributed by atoms with Crippen LogP contribution in [0, 0.1) is 17.7 Å². The molecule has 1 aromatic carbocycles. The minimum atomic E-state index is -4.92. The van der Waals surface area contributed by atoms with E-state index in [-0.39, 0.29) is 21.6 Å². The van der Waals surface area contributed by atoms with Crippen LogP contribution < -0.4 is 10.1 Å². The summed E-state index contributed by atoms with van der Waals surface area (Å²) in [7, 11) is -3.12. The second-order valence-electron chi connectivity index (χ2n) is 8.70. The lowest BCUT2D eigenvalue weighted by molar-refractivity contribution is -0.142. The van der Waals surface area contributed by atoms with E-state index in [1.54, 1.807) is 0 Å². The summed E-state index contributed by atoms with van der Waals surface area (Å²) in [4.78, 5) is 20.7. The fourth-order valence-electron chi connectivity index (χ4n) is 3.46. The Morgan fingerprint density at radius 3 is 2.53 bits per heavy atom. The Morgan fingerprint density at radius 2 is 1.94 bits per heavy atom. The van der Waals surface area contributed by atoms with Gasteiger partial charge in [-0.2, -0.15) is 22.5 Å². The Hall–Kier alpha value is -3.68. The van der Waals surface area contributed by atoms with Crippen molar-refractivity contribution in [2.45, 2.75) is 43.2 Å². The summed E-state index contributed by atoms with van der Waals surface area (Å²) in [5, 5.41) is 8.93. The molecule has 190 valence electrons. The molecule has 1 aliphatic carbocycles. The predicted octanol–water partition coefficient (Wildman–Crippen LogP) is 4.86. The van der Waals surface area contributed by atoms with E-state index in [2.05, 4.69) is 25.5 Å². The highest BCUT2D eigenvalue weighted by Crippen LogP contribution is 2.48. The zero-order chi connectivity index (χ0) is 26.5. The molecule has 1 unspecified atom stereocenters. The molecular formula is C22H20F4N6O3S. The molecule has 2 N–H and O–H groups in total.